The maximum atomic E-state index is 13.0. The molecule has 0 unspecified atom stereocenters. The molecule has 1 saturated heterocycles. The molecule has 0 aliphatic carbocycles. The second-order valence-corrected chi connectivity index (χ2v) is 10.7. The fourth-order valence-electron chi connectivity index (χ4n) is 3.41. The van der Waals surface area contributed by atoms with E-state index in [2.05, 4.69) is 10.3 Å². The van der Waals surface area contributed by atoms with Gasteiger partial charge in [-0.05, 0) is 35.9 Å². The molecule has 0 saturated carbocycles. The predicted molar refractivity (Wildman–Crippen MR) is 125 cm³/mol. The average molecular weight is 498 g/mol. The maximum Gasteiger partial charge on any atom is 0.244 e. The van der Waals surface area contributed by atoms with Gasteiger partial charge >= 0.3 is 0 Å². The van der Waals surface area contributed by atoms with Crippen LogP contribution in [-0.2, 0) is 16.4 Å². The molecule has 2 heterocycles. The van der Waals surface area contributed by atoms with Crippen LogP contribution < -0.4 is 9.64 Å². The number of rotatable bonds is 6. The van der Waals surface area contributed by atoms with E-state index in [1.54, 1.807) is 24.5 Å². The van der Waals surface area contributed by atoms with E-state index in [-0.39, 0.29) is 9.92 Å². The van der Waals surface area contributed by atoms with Crippen molar-refractivity contribution < 1.29 is 13.2 Å². The lowest BCUT2D eigenvalue weighted by Gasteiger charge is -2.34. The number of nitrogens with zero attached hydrogens (tertiary/aromatic N) is 3. The van der Waals surface area contributed by atoms with Gasteiger partial charge in [0.2, 0.25) is 10.0 Å². The van der Waals surface area contributed by atoms with Crippen LogP contribution in [0.25, 0.3) is 0 Å². The minimum absolute atomic E-state index is 0.0474. The summed E-state index contributed by atoms with van der Waals surface area (Å²) in [5.74, 6) is 0.828. The summed E-state index contributed by atoms with van der Waals surface area (Å²) in [6.45, 7) is 1.84. The number of aromatic nitrogens is 1. The zero-order valence-electron chi connectivity index (χ0n) is 16.8. The van der Waals surface area contributed by atoms with E-state index in [9.17, 15) is 8.42 Å². The highest BCUT2D eigenvalue weighted by molar-refractivity contribution is 7.89. The maximum absolute atomic E-state index is 13.0. The second-order valence-electron chi connectivity index (χ2n) is 7.11. The monoisotopic (exact) mass is 497 g/mol. The van der Waals surface area contributed by atoms with Gasteiger partial charge in [0.15, 0.2) is 5.13 Å². The standard InChI is InChI=1S/C21H21Cl2N3O3S2/c1-29-18-5-2-15(3-6-18)12-17-14-30-21(24-17)25-8-10-26(11-9-25)31(27,28)20-13-16(22)4-7-19(20)23/h2-7,13-14H,8-12H2,1H3. The zero-order chi connectivity index (χ0) is 22.0. The van der Waals surface area contributed by atoms with E-state index < -0.39 is 10.0 Å². The second kappa shape index (κ2) is 9.34. The average Bonchev–Trinajstić information content (AvgIpc) is 3.24. The summed E-state index contributed by atoms with van der Waals surface area (Å²) >= 11 is 13.7. The van der Waals surface area contributed by atoms with Crippen molar-refractivity contribution in [2.45, 2.75) is 11.3 Å². The number of thiazole rings is 1. The first-order valence-electron chi connectivity index (χ1n) is 9.64. The molecule has 0 N–H and O–H groups in total. The molecule has 1 aliphatic heterocycles. The highest BCUT2D eigenvalue weighted by Crippen LogP contribution is 2.30. The van der Waals surface area contributed by atoms with Crippen molar-refractivity contribution >= 4 is 49.7 Å². The predicted octanol–water partition coefficient (Wildman–Crippen LogP) is 4.56. The molecule has 0 bridgehead atoms. The highest BCUT2D eigenvalue weighted by atomic mass is 35.5. The lowest BCUT2D eigenvalue weighted by atomic mass is 10.1. The molecule has 1 aromatic heterocycles. The van der Waals surface area contributed by atoms with Gasteiger partial charge in [0.05, 0.1) is 17.8 Å². The van der Waals surface area contributed by atoms with Gasteiger partial charge in [-0.1, -0.05) is 35.3 Å². The largest absolute Gasteiger partial charge is 0.497 e. The topological polar surface area (TPSA) is 62.7 Å². The van der Waals surface area contributed by atoms with E-state index in [0.29, 0.717) is 31.2 Å². The Morgan fingerprint density at radius 1 is 1.06 bits per heavy atom. The number of sulfonamides is 1. The Morgan fingerprint density at radius 3 is 2.45 bits per heavy atom. The molecule has 1 fully saturated rings. The molecular weight excluding hydrogens is 477 g/mol. The van der Waals surface area contributed by atoms with Crippen LogP contribution in [0.3, 0.4) is 0 Å². The van der Waals surface area contributed by atoms with Crippen molar-refractivity contribution in [3.05, 3.63) is 69.1 Å². The van der Waals surface area contributed by atoms with Gasteiger partial charge in [-0.3, -0.25) is 0 Å². The van der Waals surface area contributed by atoms with Crippen LogP contribution in [0.1, 0.15) is 11.3 Å². The Hall–Kier alpha value is -1.84. The smallest absolute Gasteiger partial charge is 0.244 e. The van der Waals surface area contributed by atoms with E-state index in [1.807, 2.05) is 24.3 Å². The fourth-order valence-corrected chi connectivity index (χ4v) is 6.45. The summed E-state index contributed by atoms with van der Waals surface area (Å²) in [7, 11) is -2.05. The van der Waals surface area contributed by atoms with Gasteiger partial charge in [0.25, 0.3) is 0 Å². The van der Waals surface area contributed by atoms with E-state index in [1.165, 1.54) is 16.4 Å². The molecule has 31 heavy (non-hydrogen) atoms. The normalized spacial score (nSPS) is 15.3. The third kappa shape index (κ3) is 4.99. The van der Waals surface area contributed by atoms with Crippen molar-refractivity contribution in [2.75, 3.05) is 38.2 Å². The fraction of sp³-hybridized carbons (Fsp3) is 0.286. The van der Waals surface area contributed by atoms with Crippen molar-refractivity contribution in [1.29, 1.82) is 0 Å². The molecule has 4 rings (SSSR count). The van der Waals surface area contributed by atoms with E-state index >= 15 is 0 Å². The van der Waals surface area contributed by atoms with E-state index in [0.717, 1.165) is 28.6 Å². The summed E-state index contributed by atoms with van der Waals surface area (Å²) in [6, 6.07) is 12.4. The minimum atomic E-state index is -3.70. The molecule has 3 aromatic rings. The van der Waals surface area contributed by atoms with Crippen molar-refractivity contribution in [1.82, 2.24) is 9.29 Å². The molecule has 1 aliphatic rings. The van der Waals surface area contributed by atoms with Gasteiger partial charge in [-0.15, -0.1) is 11.3 Å². The number of hydrogen-bond acceptors (Lipinski definition) is 6. The summed E-state index contributed by atoms with van der Waals surface area (Å²) in [4.78, 5) is 6.92. The molecule has 10 heteroatoms. The molecule has 0 amide bonds. The molecule has 0 spiro atoms. The van der Waals surface area contributed by atoms with Crippen LogP contribution in [0.2, 0.25) is 10.0 Å². The Labute approximate surface area is 196 Å². The van der Waals surface area contributed by atoms with Gasteiger partial charge in [0, 0.05) is 43.0 Å². The number of ether oxygens (including phenoxy) is 1. The van der Waals surface area contributed by atoms with E-state index in [4.69, 9.17) is 32.9 Å². The lowest BCUT2D eigenvalue weighted by Crippen LogP contribution is -2.48. The van der Waals surface area contributed by atoms with Crippen LogP contribution in [0, 0.1) is 0 Å². The lowest BCUT2D eigenvalue weighted by molar-refractivity contribution is 0.384. The first-order chi connectivity index (χ1) is 14.9. The molecular formula is C21H21Cl2N3O3S2. The summed E-state index contributed by atoms with van der Waals surface area (Å²) in [5.41, 5.74) is 2.15. The van der Waals surface area contributed by atoms with Crippen LogP contribution in [-0.4, -0.2) is 51.0 Å². The zero-order valence-corrected chi connectivity index (χ0v) is 19.9. The van der Waals surface area contributed by atoms with Gasteiger partial charge in [-0.25, -0.2) is 13.4 Å². The van der Waals surface area contributed by atoms with Crippen LogP contribution in [0.4, 0.5) is 5.13 Å². The third-order valence-corrected chi connectivity index (χ3v) is 8.67. The SMILES string of the molecule is COc1ccc(Cc2csc(N3CCN(S(=O)(=O)c4cc(Cl)ccc4Cl)CC3)n2)cc1. The van der Waals surface area contributed by atoms with Crippen molar-refractivity contribution in [3.63, 3.8) is 0 Å². The van der Waals surface area contributed by atoms with Gasteiger partial charge < -0.3 is 9.64 Å². The number of methoxy groups -OCH3 is 1. The first-order valence-corrected chi connectivity index (χ1v) is 12.7. The summed E-state index contributed by atoms with van der Waals surface area (Å²) in [6.07, 6.45) is 0.738. The van der Waals surface area contributed by atoms with Crippen LogP contribution >= 0.6 is 34.5 Å². The Balaban J connectivity index is 1.40. The quantitative estimate of drug-likeness (QED) is 0.499. The van der Waals surface area contributed by atoms with Gasteiger partial charge in [0.1, 0.15) is 10.6 Å². The number of halogens is 2. The first kappa shape index (κ1) is 22.4. The molecule has 0 radical (unpaired) electrons. The molecule has 164 valence electrons. The Bertz CT molecular complexity index is 1160. The van der Waals surface area contributed by atoms with Gasteiger partial charge in [-0.2, -0.15) is 4.31 Å². The number of hydrogen-bond donors (Lipinski definition) is 0. The minimum Gasteiger partial charge on any atom is -0.497 e. The number of piperazine rings is 1. The Kier molecular flexibility index (Phi) is 6.74. The van der Waals surface area contributed by atoms with Crippen molar-refractivity contribution in [3.8, 4) is 5.75 Å². The highest BCUT2D eigenvalue weighted by Gasteiger charge is 2.31. The summed E-state index contributed by atoms with van der Waals surface area (Å²) in [5, 5.41) is 3.47. The van der Waals surface area contributed by atoms with Crippen molar-refractivity contribution in [2.24, 2.45) is 0 Å². The third-order valence-electron chi connectivity index (χ3n) is 5.10. The number of anilines is 1. The summed E-state index contributed by atoms with van der Waals surface area (Å²) < 4.78 is 32.6. The molecule has 2 aromatic carbocycles. The number of benzene rings is 2. The Morgan fingerprint density at radius 2 is 1.77 bits per heavy atom. The molecule has 6 nitrogen and oxygen atoms in total. The van der Waals surface area contributed by atoms with Crippen LogP contribution in [0.15, 0.2) is 52.7 Å². The van der Waals surface area contributed by atoms with Crippen LogP contribution in [0.5, 0.6) is 5.75 Å². The molecule has 0 atom stereocenters.